The topological polar surface area (TPSA) is 9.23 Å². The van der Waals surface area contributed by atoms with Crippen molar-refractivity contribution in [1.29, 1.82) is 0 Å². The van der Waals surface area contributed by atoms with Crippen LogP contribution in [0.5, 0.6) is 5.75 Å². The molecule has 0 unspecified atom stereocenters. The summed E-state index contributed by atoms with van der Waals surface area (Å²) in [5.41, 5.74) is 0. The van der Waals surface area contributed by atoms with Crippen molar-refractivity contribution in [3.05, 3.63) is 42.5 Å². The first-order valence-electron chi connectivity index (χ1n) is 4.44. The Morgan fingerprint density at radius 2 is 2.08 bits per heavy atom. The van der Waals surface area contributed by atoms with Crippen LogP contribution < -0.4 is 4.74 Å². The smallest absolute Gasteiger partial charge is 0.127 e. The molecule has 0 bridgehead atoms. The SMILES string of the molecule is CCOc1cc[c]c2ccccc12. The first kappa shape index (κ1) is 8.11. The molecule has 2 aromatic rings. The van der Waals surface area contributed by atoms with E-state index in [2.05, 4.69) is 12.1 Å². The van der Waals surface area contributed by atoms with Crippen molar-refractivity contribution >= 4 is 10.8 Å². The van der Waals surface area contributed by atoms with E-state index in [4.69, 9.17) is 4.74 Å². The van der Waals surface area contributed by atoms with Crippen LogP contribution in [0.25, 0.3) is 10.8 Å². The molecule has 0 aliphatic carbocycles. The second-order valence-corrected chi connectivity index (χ2v) is 2.82. The van der Waals surface area contributed by atoms with Crippen molar-refractivity contribution in [3.8, 4) is 5.75 Å². The monoisotopic (exact) mass is 171 g/mol. The molecule has 13 heavy (non-hydrogen) atoms. The van der Waals surface area contributed by atoms with Gasteiger partial charge in [0.15, 0.2) is 0 Å². The zero-order valence-electron chi connectivity index (χ0n) is 7.58. The lowest BCUT2D eigenvalue weighted by Gasteiger charge is -2.05. The van der Waals surface area contributed by atoms with Gasteiger partial charge in [-0.15, -0.1) is 0 Å². The summed E-state index contributed by atoms with van der Waals surface area (Å²) >= 11 is 0. The first-order valence-corrected chi connectivity index (χ1v) is 4.44. The zero-order chi connectivity index (χ0) is 9.10. The van der Waals surface area contributed by atoms with Crippen molar-refractivity contribution in [3.63, 3.8) is 0 Å². The molecule has 0 heterocycles. The van der Waals surface area contributed by atoms with Gasteiger partial charge in [0.05, 0.1) is 6.61 Å². The van der Waals surface area contributed by atoms with Crippen molar-refractivity contribution in [1.82, 2.24) is 0 Å². The molecule has 2 aromatic carbocycles. The Morgan fingerprint density at radius 3 is 2.92 bits per heavy atom. The Bertz CT molecular complexity index is 401. The van der Waals surface area contributed by atoms with Crippen LogP contribution in [0.2, 0.25) is 0 Å². The summed E-state index contributed by atoms with van der Waals surface area (Å²) in [6, 6.07) is 15.1. The van der Waals surface area contributed by atoms with E-state index in [0.717, 1.165) is 16.5 Å². The number of hydrogen-bond donors (Lipinski definition) is 0. The summed E-state index contributed by atoms with van der Waals surface area (Å²) in [4.78, 5) is 0. The highest BCUT2D eigenvalue weighted by atomic mass is 16.5. The Labute approximate surface area is 78.0 Å². The third-order valence-corrected chi connectivity index (χ3v) is 1.97. The average molecular weight is 171 g/mol. The number of fused-ring (bicyclic) bond motifs is 1. The fourth-order valence-corrected chi connectivity index (χ4v) is 1.40. The van der Waals surface area contributed by atoms with Gasteiger partial charge in [0.25, 0.3) is 0 Å². The van der Waals surface area contributed by atoms with Crippen LogP contribution in [0.15, 0.2) is 36.4 Å². The normalized spacial score (nSPS) is 10.2. The summed E-state index contributed by atoms with van der Waals surface area (Å²) in [5.74, 6) is 0.942. The molecule has 0 fully saturated rings. The highest BCUT2D eigenvalue weighted by molar-refractivity contribution is 5.87. The highest BCUT2D eigenvalue weighted by Crippen LogP contribution is 2.24. The van der Waals surface area contributed by atoms with Crippen molar-refractivity contribution in [2.45, 2.75) is 6.92 Å². The minimum absolute atomic E-state index is 0.702. The van der Waals surface area contributed by atoms with Gasteiger partial charge < -0.3 is 4.74 Å². The van der Waals surface area contributed by atoms with Crippen LogP contribution in [0.1, 0.15) is 6.92 Å². The molecule has 2 rings (SSSR count). The minimum atomic E-state index is 0.702. The Kier molecular flexibility index (Phi) is 2.17. The molecular formula is C12H11O. The number of rotatable bonds is 2. The van der Waals surface area contributed by atoms with Crippen LogP contribution in [-0.2, 0) is 0 Å². The molecular weight excluding hydrogens is 160 g/mol. The average Bonchev–Trinajstić information content (AvgIpc) is 2.19. The molecule has 1 radical (unpaired) electrons. The van der Waals surface area contributed by atoms with Gasteiger partial charge in [-0.05, 0) is 24.4 Å². The van der Waals surface area contributed by atoms with Gasteiger partial charge in [-0.1, -0.05) is 30.3 Å². The van der Waals surface area contributed by atoms with E-state index in [-0.39, 0.29) is 0 Å². The molecule has 0 aliphatic heterocycles. The van der Waals surface area contributed by atoms with E-state index in [1.54, 1.807) is 0 Å². The number of benzene rings is 2. The van der Waals surface area contributed by atoms with E-state index < -0.39 is 0 Å². The van der Waals surface area contributed by atoms with Gasteiger partial charge in [0.2, 0.25) is 0 Å². The van der Waals surface area contributed by atoms with E-state index >= 15 is 0 Å². The molecule has 0 aromatic heterocycles. The molecule has 0 aliphatic rings. The standard InChI is InChI=1S/C12H11O/c1-2-13-12-9-5-7-10-6-3-4-8-11(10)12/h3-6,8-9H,2H2,1H3. The molecule has 0 N–H and O–H groups in total. The predicted octanol–water partition coefficient (Wildman–Crippen LogP) is 3.04. The lowest BCUT2D eigenvalue weighted by Crippen LogP contribution is -1.91. The Balaban J connectivity index is 2.61. The highest BCUT2D eigenvalue weighted by Gasteiger charge is 1.98. The van der Waals surface area contributed by atoms with E-state index in [1.165, 1.54) is 0 Å². The predicted molar refractivity (Wildman–Crippen MR) is 54.0 cm³/mol. The molecule has 65 valence electrons. The van der Waals surface area contributed by atoms with E-state index in [0.29, 0.717) is 6.61 Å². The van der Waals surface area contributed by atoms with Crippen molar-refractivity contribution in [2.75, 3.05) is 6.61 Å². The summed E-state index contributed by atoms with van der Waals surface area (Å²) < 4.78 is 5.50. The Morgan fingerprint density at radius 1 is 1.23 bits per heavy atom. The van der Waals surface area contributed by atoms with Gasteiger partial charge in [0.1, 0.15) is 5.75 Å². The van der Waals surface area contributed by atoms with Crippen molar-refractivity contribution in [2.24, 2.45) is 0 Å². The lowest BCUT2D eigenvalue weighted by molar-refractivity contribution is 0.344. The minimum Gasteiger partial charge on any atom is -0.493 e. The molecule has 1 nitrogen and oxygen atoms in total. The maximum Gasteiger partial charge on any atom is 0.127 e. The van der Waals surface area contributed by atoms with Crippen LogP contribution in [0.3, 0.4) is 0 Å². The molecule has 0 saturated carbocycles. The second kappa shape index (κ2) is 3.48. The largest absolute Gasteiger partial charge is 0.493 e. The summed E-state index contributed by atoms with van der Waals surface area (Å²) in [5, 5.41) is 2.24. The van der Waals surface area contributed by atoms with Crippen molar-refractivity contribution < 1.29 is 4.74 Å². The van der Waals surface area contributed by atoms with Gasteiger partial charge in [-0.2, -0.15) is 0 Å². The fraction of sp³-hybridized carbons (Fsp3) is 0.167. The van der Waals surface area contributed by atoms with Gasteiger partial charge in [0, 0.05) is 5.39 Å². The molecule has 0 amide bonds. The van der Waals surface area contributed by atoms with Crippen LogP contribution in [0.4, 0.5) is 0 Å². The first-order chi connectivity index (χ1) is 6.42. The molecule has 0 spiro atoms. The maximum absolute atomic E-state index is 5.50. The summed E-state index contributed by atoms with van der Waals surface area (Å²) in [7, 11) is 0. The van der Waals surface area contributed by atoms with E-state index in [9.17, 15) is 0 Å². The summed E-state index contributed by atoms with van der Waals surface area (Å²) in [6.45, 7) is 2.69. The zero-order valence-corrected chi connectivity index (χ0v) is 7.58. The van der Waals surface area contributed by atoms with Gasteiger partial charge in [-0.3, -0.25) is 0 Å². The summed E-state index contributed by atoms with van der Waals surface area (Å²) in [6.07, 6.45) is 0. The molecule has 1 heteroatoms. The third kappa shape index (κ3) is 1.50. The van der Waals surface area contributed by atoms with Gasteiger partial charge in [-0.25, -0.2) is 0 Å². The lowest BCUT2D eigenvalue weighted by atomic mass is 10.1. The van der Waals surface area contributed by atoms with Crippen LogP contribution in [-0.4, -0.2) is 6.61 Å². The quantitative estimate of drug-likeness (QED) is 0.674. The van der Waals surface area contributed by atoms with Gasteiger partial charge >= 0.3 is 0 Å². The second-order valence-electron chi connectivity index (χ2n) is 2.82. The van der Waals surface area contributed by atoms with Crippen LogP contribution >= 0.6 is 0 Å². The van der Waals surface area contributed by atoms with Crippen LogP contribution in [0, 0.1) is 6.07 Å². The Hall–Kier alpha value is -1.50. The molecule has 0 saturated heterocycles. The fourth-order valence-electron chi connectivity index (χ4n) is 1.40. The van der Waals surface area contributed by atoms with E-state index in [1.807, 2.05) is 37.3 Å². The maximum atomic E-state index is 5.50. The molecule has 0 atom stereocenters. The third-order valence-electron chi connectivity index (χ3n) is 1.97. The number of hydrogen-bond acceptors (Lipinski definition) is 1. The number of ether oxygens (including phenoxy) is 1.